The third kappa shape index (κ3) is 2.61. The number of Topliss-reactive ketones (excluding diaryl/α,β-unsaturated/α-hetero) is 1. The Balaban J connectivity index is 2.06. The number of benzene rings is 1. The minimum Gasteiger partial charge on any atom is -0.337 e. The topological polar surface area (TPSA) is 37.4 Å². The van der Waals surface area contributed by atoms with Crippen molar-refractivity contribution in [1.29, 1.82) is 0 Å². The number of carbonyl (C=O) groups is 2. The molecule has 0 bridgehead atoms. The van der Waals surface area contributed by atoms with Gasteiger partial charge in [0, 0.05) is 30.5 Å². The Hall–Kier alpha value is -1.64. The van der Waals surface area contributed by atoms with Crippen LogP contribution in [0.1, 0.15) is 43.5 Å². The van der Waals surface area contributed by atoms with E-state index in [0.29, 0.717) is 12.8 Å². The zero-order valence-electron chi connectivity index (χ0n) is 10.9. The Bertz CT molecular complexity index is 439. The summed E-state index contributed by atoms with van der Waals surface area (Å²) < 4.78 is 0. The van der Waals surface area contributed by atoms with Crippen LogP contribution >= 0.6 is 0 Å². The second-order valence-electron chi connectivity index (χ2n) is 5.08. The molecule has 0 aliphatic carbocycles. The van der Waals surface area contributed by atoms with Crippen LogP contribution in [0.25, 0.3) is 0 Å². The van der Waals surface area contributed by atoms with Gasteiger partial charge in [0.1, 0.15) is 0 Å². The minimum absolute atomic E-state index is 0.0743. The first kappa shape index (κ1) is 12.8. The largest absolute Gasteiger partial charge is 0.337 e. The van der Waals surface area contributed by atoms with Gasteiger partial charge < -0.3 is 4.90 Å². The summed E-state index contributed by atoms with van der Waals surface area (Å²) in [4.78, 5) is 25.8. The average molecular weight is 245 g/mol. The SMILES string of the molecule is CC(C)N1C(=O)CCC1CC(=O)c1ccccc1. The molecule has 1 aromatic rings. The molecule has 96 valence electrons. The van der Waals surface area contributed by atoms with Gasteiger partial charge in [0.2, 0.25) is 5.91 Å². The van der Waals surface area contributed by atoms with E-state index in [1.165, 1.54) is 0 Å². The molecule has 1 amide bonds. The molecular formula is C15H19NO2. The Morgan fingerprint density at radius 1 is 1.33 bits per heavy atom. The number of carbonyl (C=O) groups excluding carboxylic acids is 2. The summed E-state index contributed by atoms with van der Waals surface area (Å²) in [6.07, 6.45) is 1.81. The fourth-order valence-electron chi connectivity index (χ4n) is 2.63. The average Bonchev–Trinajstić information content (AvgIpc) is 2.71. The van der Waals surface area contributed by atoms with E-state index < -0.39 is 0 Å². The number of nitrogens with zero attached hydrogens (tertiary/aromatic N) is 1. The van der Waals surface area contributed by atoms with Gasteiger partial charge in [-0.25, -0.2) is 0 Å². The predicted octanol–water partition coefficient (Wildman–Crippen LogP) is 2.66. The summed E-state index contributed by atoms with van der Waals surface area (Å²) >= 11 is 0. The number of likely N-dealkylation sites (tertiary alicyclic amines) is 1. The van der Waals surface area contributed by atoms with Gasteiger partial charge in [-0.2, -0.15) is 0 Å². The van der Waals surface area contributed by atoms with Crippen molar-refractivity contribution < 1.29 is 9.59 Å². The van der Waals surface area contributed by atoms with Crippen LogP contribution in [0.3, 0.4) is 0 Å². The Morgan fingerprint density at radius 2 is 2.00 bits per heavy atom. The number of hydrogen-bond acceptors (Lipinski definition) is 2. The van der Waals surface area contributed by atoms with Crippen molar-refractivity contribution in [2.45, 2.75) is 45.2 Å². The number of hydrogen-bond donors (Lipinski definition) is 0. The smallest absolute Gasteiger partial charge is 0.223 e. The molecule has 1 unspecified atom stereocenters. The minimum atomic E-state index is 0.0743. The summed E-state index contributed by atoms with van der Waals surface area (Å²) in [7, 11) is 0. The van der Waals surface area contributed by atoms with Crippen molar-refractivity contribution in [2.75, 3.05) is 0 Å². The molecule has 0 N–H and O–H groups in total. The number of amides is 1. The maximum Gasteiger partial charge on any atom is 0.223 e. The maximum atomic E-state index is 12.1. The molecule has 1 saturated heterocycles. The van der Waals surface area contributed by atoms with Gasteiger partial charge in [0.25, 0.3) is 0 Å². The van der Waals surface area contributed by atoms with E-state index in [9.17, 15) is 9.59 Å². The van der Waals surface area contributed by atoms with Crippen LogP contribution in [0, 0.1) is 0 Å². The fourth-order valence-corrected chi connectivity index (χ4v) is 2.63. The zero-order valence-corrected chi connectivity index (χ0v) is 10.9. The monoisotopic (exact) mass is 245 g/mol. The predicted molar refractivity (Wildman–Crippen MR) is 70.4 cm³/mol. The molecule has 3 heteroatoms. The third-order valence-electron chi connectivity index (χ3n) is 3.45. The van der Waals surface area contributed by atoms with Crippen LogP contribution in [-0.4, -0.2) is 28.7 Å². The van der Waals surface area contributed by atoms with E-state index in [0.717, 1.165) is 12.0 Å². The van der Waals surface area contributed by atoms with Gasteiger partial charge in [0.15, 0.2) is 5.78 Å². The van der Waals surface area contributed by atoms with E-state index in [1.54, 1.807) is 0 Å². The molecule has 1 aliphatic rings. The molecule has 0 aromatic heterocycles. The molecule has 3 nitrogen and oxygen atoms in total. The summed E-state index contributed by atoms with van der Waals surface area (Å²) in [5, 5.41) is 0. The van der Waals surface area contributed by atoms with Crippen LogP contribution in [-0.2, 0) is 4.79 Å². The van der Waals surface area contributed by atoms with Crippen molar-refractivity contribution in [3.05, 3.63) is 35.9 Å². The highest BCUT2D eigenvalue weighted by Gasteiger charge is 2.33. The maximum absolute atomic E-state index is 12.1. The van der Waals surface area contributed by atoms with Gasteiger partial charge in [-0.15, -0.1) is 0 Å². The third-order valence-corrected chi connectivity index (χ3v) is 3.45. The van der Waals surface area contributed by atoms with Crippen LogP contribution in [0.15, 0.2) is 30.3 Å². The van der Waals surface area contributed by atoms with Crippen LogP contribution in [0.4, 0.5) is 0 Å². The fraction of sp³-hybridized carbons (Fsp3) is 0.467. The first-order valence-electron chi connectivity index (χ1n) is 6.49. The lowest BCUT2D eigenvalue weighted by Gasteiger charge is -2.28. The van der Waals surface area contributed by atoms with Crippen molar-refractivity contribution in [2.24, 2.45) is 0 Å². The zero-order chi connectivity index (χ0) is 13.1. The highest BCUT2D eigenvalue weighted by Crippen LogP contribution is 2.25. The normalized spacial score (nSPS) is 19.6. The van der Waals surface area contributed by atoms with Gasteiger partial charge in [0.05, 0.1) is 0 Å². The van der Waals surface area contributed by atoms with E-state index >= 15 is 0 Å². The van der Waals surface area contributed by atoms with Gasteiger partial charge in [-0.3, -0.25) is 9.59 Å². The summed E-state index contributed by atoms with van der Waals surface area (Å²) in [5.74, 6) is 0.303. The highest BCUT2D eigenvalue weighted by molar-refractivity contribution is 5.97. The molecule has 18 heavy (non-hydrogen) atoms. The van der Waals surface area contributed by atoms with Gasteiger partial charge >= 0.3 is 0 Å². The Kier molecular flexibility index (Phi) is 3.80. The molecule has 1 fully saturated rings. The van der Waals surface area contributed by atoms with Crippen molar-refractivity contribution in [3.8, 4) is 0 Å². The number of ketones is 1. The molecule has 1 heterocycles. The molecule has 0 spiro atoms. The Labute approximate surface area is 108 Å². The van der Waals surface area contributed by atoms with Gasteiger partial charge in [-0.05, 0) is 20.3 Å². The summed E-state index contributed by atoms with van der Waals surface area (Å²) in [5.41, 5.74) is 0.737. The van der Waals surface area contributed by atoms with E-state index in [-0.39, 0.29) is 23.8 Å². The molecular weight excluding hydrogens is 226 g/mol. The molecule has 2 rings (SSSR count). The summed E-state index contributed by atoms with van der Waals surface area (Å²) in [6, 6.07) is 9.55. The second kappa shape index (κ2) is 5.34. The van der Waals surface area contributed by atoms with E-state index in [2.05, 4.69) is 0 Å². The van der Waals surface area contributed by atoms with Crippen LogP contribution < -0.4 is 0 Å². The van der Waals surface area contributed by atoms with E-state index in [1.807, 2.05) is 49.1 Å². The lowest BCUT2D eigenvalue weighted by Crippen LogP contribution is -2.39. The standard InChI is InChI=1S/C15H19NO2/c1-11(2)16-13(8-9-15(16)18)10-14(17)12-6-4-3-5-7-12/h3-7,11,13H,8-10H2,1-2H3. The van der Waals surface area contributed by atoms with Crippen molar-refractivity contribution in [3.63, 3.8) is 0 Å². The first-order chi connectivity index (χ1) is 8.59. The Morgan fingerprint density at radius 3 is 2.61 bits per heavy atom. The lowest BCUT2D eigenvalue weighted by molar-refractivity contribution is -0.130. The quantitative estimate of drug-likeness (QED) is 0.765. The molecule has 0 radical (unpaired) electrons. The highest BCUT2D eigenvalue weighted by atomic mass is 16.2. The summed E-state index contributed by atoms with van der Waals surface area (Å²) in [6.45, 7) is 4.01. The van der Waals surface area contributed by atoms with Crippen molar-refractivity contribution >= 4 is 11.7 Å². The van der Waals surface area contributed by atoms with Crippen LogP contribution in [0.5, 0.6) is 0 Å². The van der Waals surface area contributed by atoms with E-state index in [4.69, 9.17) is 0 Å². The molecule has 1 aromatic carbocycles. The molecule has 1 atom stereocenters. The second-order valence-corrected chi connectivity index (χ2v) is 5.08. The van der Waals surface area contributed by atoms with Gasteiger partial charge in [-0.1, -0.05) is 30.3 Å². The lowest BCUT2D eigenvalue weighted by atomic mass is 10.0. The molecule has 0 saturated carbocycles. The first-order valence-corrected chi connectivity index (χ1v) is 6.49. The molecule has 1 aliphatic heterocycles. The van der Waals surface area contributed by atoms with Crippen molar-refractivity contribution in [1.82, 2.24) is 4.90 Å². The van der Waals surface area contributed by atoms with Crippen LogP contribution in [0.2, 0.25) is 0 Å². The number of rotatable bonds is 4.